The first-order valence-corrected chi connectivity index (χ1v) is 14.2. The Labute approximate surface area is 260 Å². The molecule has 0 aliphatic rings. The van der Waals surface area contributed by atoms with E-state index >= 15 is 0 Å². The molecule has 45 heavy (non-hydrogen) atoms. The van der Waals surface area contributed by atoms with Crippen LogP contribution in [0.2, 0.25) is 0 Å². The second kappa shape index (κ2) is 11.1. The molecule has 0 fully saturated rings. The molecule has 5 nitrogen and oxygen atoms in total. The topological polar surface area (TPSA) is 80.7 Å². The molecule has 0 amide bonds. The van der Waals surface area contributed by atoms with E-state index in [9.17, 15) is 15.8 Å². The Hall–Kier alpha value is -6.92. The molecule has 0 saturated carbocycles. The van der Waals surface area contributed by atoms with Gasteiger partial charge in [-0.25, -0.2) is 4.85 Å². The summed E-state index contributed by atoms with van der Waals surface area (Å²) in [5, 5.41) is 31.6. The summed E-state index contributed by atoms with van der Waals surface area (Å²) in [6, 6.07) is 47.7. The van der Waals surface area contributed by atoms with Crippen LogP contribution in [0.3, 0.4) is 0 Å². The van der Waals surface area contributed by atoms with Gasteiger partial charge in [0.05, 0.1) is 46.9 Å². The molecule has 1 heterocycles. The molecule has 7 aromatic rings. The molecule has 0 radical (unpaired) electrons. The highest BCUT2D eigenvalue weighted by Gasteiger charge is 2.19. The molecule has 5 heteroatoms. The van der Waals surface area contributed by atoms with Gasteiger partial charge in [-0.3, -0.25) is 0 Å². The molecule has 7 rings (SSSR count). The van der Waals surface area contributed by atoms with Gasteiger partial charge in [-0.1, -0.05) is 78.9 Å². The molecule has 0 aliphatic carbocycles. The first-order chi connectivity index (χ1) is 22.1. The van der Waals surface area contributed by atoms with Crippen molar-refractivity contribution in [2.75, 3.05) is 0 Å². The average Bonchev–Trinajstić information content (AvgIpc) is 3.44. The first kappa shape index (κ1) is 26.9. The molecule has 6 aromatic carbocycles. The van der Waals surface area contributed by atoms with E-state index in [0.29, 0.717) is 33.5 Å². The summed E-state index contributed by atoms with van der Waals surface area (Å²) in [6.45, 7) is 7.74. The van der Waals surface area contributed by atoms with E-state index in [1.165, 1.54) is 0 Å². The van der Waals surface area contributed by atoms with Gasteiger partial charge in [0.25, 0.3) is 0 Å². The van der Waals surface area contributed by atoms with Crippen LogP contribution in [0.4, 0.5) is 5.69 Å². The van der Waals surface area contributed by atoms with Gasteiger partial charge in [-0.15, -0.1) is 0 Å². The number of hydrogen-bond acceptors (Lipinski definition) is 3. The minimum absolute atomic E-state index is 0.423. The lowest BCUT2D eigenvalue weighted by Crippen LogP contribution is -1.95. The van der Waals surface area contributed by atoms with E-state index in [4.69, 9.17) is 6.57 Å². The number of hydrogen-bond donors (Lipinski definition) is 0. The van der Waals surface area contributed by atoms with E-state index in [0.717, 1.165) is 49.7 Å². The van der Waals surface area contributed by atoms with E-state index < -0.39 is 0 Å². The normalized spacial score (nSPS) is 10.6. The van der Waals surface area contributed by atoms with Crippen molar-refractivity contribution >= 4 is 27.5 Å². The molecule has 0 N–H and O–H groups in total. The summed E-state index contributed by atoms with van der Waals surface area (Å²) in [4.78, 5) is 3.71. The average molecular weight is 572 g/mol. The van der Waals surface area contributed by atoms with Crippen molar-refractivity contribution in [3.8, 4) is 57.3 Å². The number of aromatic nitrogens is 1. The van der Waals surface area contributed by atoms with E-state index in [-0.39, 0.29) is 0 Å². The van der Waals surface area contributed by atoms with Crippen molar-refractivity contribution in [2.45, 2.75) is 0 Å². The Morgan fingerprint density at radius 2 is 1.11 bits per heavy atom. The van der Waals surface area contributed by atoms with Crippen molar-refractivity contribution in [2.24, 2.45) is 0 Å². The van der Waals surface area contributed by atoms with Crippen molar-refractivity contribution in [3.63, 3.8) is 0 Å². The fourth-order valence-electron chi connectivity index (χ4n) is 6.14. The zero-order chi connectivity index (χ0) is 30.9. The molecule has 0 aliphatic heterocycles. The van der Waals surface area contributed by atoms with Crippen molar-refractivity contribution in [1.82, 2.24) is 4.57 Å². The van der Waals surface area contributed by atoms with E-state index in [1.54, 1.807) is 36.4 Å². The quantitative estimate of drug-likeness (QED) is 0.197. The molecule has 0 bridgehead atoms. The van der Waals surface area contributed by atoms with Gasteiger partial charge < -0.3 is 4.57 Å². The molecule has 206 valence electrons. The molecule has 0 atom stereocenters. The van der Waals surface area contributed by atoms with Crippen molar-refractivity contribution < 1.29 is 0 Å². The van der Waals surface area contributed by atoms with Crippen LogP contribution in [-0.4, -0.2) is 4.57 Å². The Kier molecular flexibility index (Phi) is 6.62. The zero-order valence-corrected chi connectivity index (χ0v) is 23.9. The summed E-state index contributed by atoms with van der Waals surface area (Å²) in [6.07, 6.45) is 0. The predicted octanol–water partition coefficient (Wildman–Crippen LogP) is 9.95. The second-order valence-corrected chi connectivity index (χ2v) is 10.6. The molecule has 0 spiro atoms. The highest BCUT2D eigenvalue weighted by Crippen LogP contribution is 2.41. The van der Waals surface area contributed by atoms with Gasteiger partial charge in [0, 0.05) is 33.2 Å². The van der Waals surface area contributed by atoms with Gasteiger partial charge in [-0.05, 0) is 70.8 Å². The number of rotatable bonds is 4. The van der Waals surface area contributed by atoms with Gasteiger partial charge in [0.1, 0.15) is 0 Å². The monoisotopic (exact) mass is 571 g/mol. The third-order valence-corrected chi connectivity index (χ3v) is 8.14. The van der Waals surface area contributed by atoms with Gasteiger partial charge >= 0.3 is 0 Å². The van der Waals surface area contributed by atoms with Crippen LogP contribution in [0.15, 0.2) is 127 Å². The lowest BCUT2D eigenvalue weighted by Gasteiger charge is -2.12. The predicted molar refractivity (Wildman–Crippen MR) is 177 cm³/mol. The third-order valence-electron chi connectivity index (χ3n) is 8.14. The molecule has 0 saturated heterocycles. The smallest absolute Gasteiger partial charge is 0.196 e. The Balaban J connectivity index is 1.55. The number of nitrogens with zero attached hydrogens (tertiary/aromatic N) is 5. The maximum Gasteiger partial charge on any atom is 0.196 e. The third kappa shape index (κ3) is 4.47. The van der Waals surface area contributed by atoms with Gasteiger partial charge in [0.15, 0.2) is 5.69 Å². The van der Waals surface area contributed by atoms with E-state index in [2.05, 4.69) is 58.0 Å². The summed E-state index contributed by atoms with van der Waals surface area (Å²) in [7, 11) is 0. The Morgan fingerprint density at radius 3 is 1.82 bits per heavy atom. The van der Waals surface area contributed by atoms with Crippen LogP contribution < -0.4 is 0 Å². The van der Waals surface area contributed by atoms with Crippen molar-refractivity contribution in [1.29, 1.82) is 15.8 Å². The van der Waals surface area contributed by atoms with Gasteiger partial charge in [0.2, 0.25) is 0 Å². The number of fused-ring (bicyclic) bond motifs is 3. The maximum absolute atomic E-state index is 9.91. The van der Waals surface area contributed by atoms with E-state index in [1.807, 2.05) is 60.7 Å². The largest absolute Gasteiger partial charge is 0.309 e. The highest BCUT2D eigenvalue weighted by atomic mass is 15.0. The summed E-state index contributed by atoms with van der Waals surface area (Å²) < 4.78 is 2.19. The lowest BCUT2D eigenvalue weighted by molar-refractivity contribution is 1.18. The zero-order valence-electron chi connectivity index (χ0n) is 23.9. The Morgan fingerprint density at radius 1 is 0.489 bits per heavy atom. The summed E-state index contributed by atoms with van der Waals surface area (Å²) in [5.41, 5.74) is 9.48. The van der Waals surface area contributed by atoms with Crippen molar-refractivity contribution in [3.05, 3.63) is 156 Å². The van der Waals surface area contributed by atoms with Crippen LogP contribution >= 0.6 is 0 Å². The molecule has 1 aromatic heterocycles. The standard InChI is InChI=1S/C40H21N5/c1-44-36-15-7-13-32(25-43)40(36)28-17-19-37-35(21-28)34-18-16-29(39-30(23-41)11-5-12-31(39)24-42)22-38(34)45(37)33-14-6-10-27(20-33)26-8-3-2-4-9-26/h2-22H. The molecular weight excluding hydrogens is 550 g/mol. The Bertz CT molecular complexity index is 2410. The maximum atomic E-state index is 9.91. The second-order valence-electron chi connectivity index (χ2n) is 10.6. The molecular formula is C40H21N5. The number of benzene rings is 6. The minimum Gasteiger partial charge on any atom is -0.309 e. The fourth-order valence-corrected chi connectivity index (χ4v) is 6.14. The molecule has 0 unspecified atom stereocenters. The lowest BCUT2D eigenvalue weighted by atomic mass is 9.94. The SMILES string of the molecule is [C-]#[N+]c1cccc(C#N)c1-c1ccc2c(c1)c1ccc(-c3c(C#N)cccc3C#N)cc1n2-c1cccc(-c2ccccc2)c1. The van der Waals surface area contributed by atoms with Crippen LogP contribution in [0, 0.1) is 40.6 Å². The summed E-state index contributed by atoms with van der Waals surface area (Å²) in [5.74, 6) is 0. The van der Waals surface area contributed by atoms with Crippen LogP contribution in [0.5, 0.6) is 0 Å². The summed E-state index contributed by atoms with van der Waals surface area (Å²) >= 11 is 0. The van der Waals surface area contributed by atoms with Crippen LogP contribution in [-0.2, 0) is 0 Å². The number of nitriles is 3. The van der Waals surface area contributed by atoms with Crippen LogP contribution in [0.25, 0.3) is 65.7 Å². The van der Waals surface area contributed by atoms with Gasteiger partial charge in [-0.2, -0.15) is 15.8 Å². The first-order valence-electron chi connectivity index (χ1n) is 14.2. The fraction of sp³-hybridized carbons (Fsp3) is 0. The minimum atomic E-state index is 0.423. The highest BCUT2D eigenvalue weighted by molar-refractivity contribution is 6.12. The van der Waals surface area contributed by atoms with Crippen LogP contribution in [0.1, 0.15) is 16.7 Å².